The SMILES string of the molecule is CCCn1nc(C(=O)O[C@H](C)C(=O)N2CC(=O)Nc3ccccc32)ccc1=O. The van der Waals surface area contributed by atoms with E-state index in [0.29, 0.717) is 24.3 Å². The summed E-state index contributed by atoms with van der Waals surface area (Å²) in [4.78, 5) is 50.0. The molecule has 0 fully saturated rings. The maximum atomic E-state index is 12.8. The third kappa shape index (κ3) is 3.93. The fourth-order valence-electron chi connectivity index (χ4n) is 2.85. The first-order chi connectivity index (χ1) is 13.4. The molecule has 1 aliphatic rings. The summed E-state index contributed by atoms with van der Waals surface area (Å²) in [6, 6.07) is 9.36. The molecule has 3 rings (SSSR count). The lowest BCUT2D eigenvalue weighted by atomic mass is 10.1. The maximum absolute atomic E-state index is 12.8. The van der Waals surface area contributed by atoms with E-state index in [9.17, 15) is 19.2 Å². The summed E-state index contributed by atoms with van der Waals surface area (Å²) in [7, 11) is 0. The van der Waals surface area contributed by atoms with Gasteiger partial charge in [-0.15, -0.1) is 0 Å². The lowest BCUT2D eigenvalue weighted by molar-refractivity contribution is -0.128. The van der Waals surface area contributed by atoms with Gasteiger partial charge in [0, 0.05) is 12.6 Å². The Bertz CT molecular complexity index is 984. The van der Waals surface area contributed by atoms with Gasteiger partial charge in [0.15, 0.2) is 11.8 Å². The van der Waals surface area contributed by atoms with E-state index in [0.717, 1.165) is 0 Å². The second kappa shape index (κ2) is 8.03. The highest BCUT2D eigenvalue weighted by molar-refractivity contribution is 6.11. The van der Waals surface area contributed by atoms with Gasteiger partial charge in [0.2, 0.25) is 5.91 Å². The number of ether oxygens (including phenoxy) is 1. The van der Waals surface area contributed by atoms with Gasteiger partial charge in [-0.2, -0.15) is 5.10 Å². The number of para-hydroxylation sites is 2. The Morgan fingerprint density at radius 3 is 2.71 bits per heavy atom. The number of nitrogens with one attached hydrogen (secondary N) is 1. The van der Waals surface area contributed by atoms with E-state index in [-0.39, 0.29) is 23.7 Å². The normalized spacial score (nSPS) is 14.1. The van der Waals surface area contributed by atoms with Crippen LogP contribution in [0.2, 0.25) is 0 Å². The zero-order chi connectivity index (χ0) is 20.3. The van der Waals surface area contributed by atoms with Crippen molar-refractivity contribution in [2.24, 2.45) is 0 Å². The number of carbonyl (C=O) groups is 3. The van der Waals surface area contributed by atoms with Gasteiger partial charge in [-0.1, -0.05) is 19.1 Å². The van der Waals surface area contributed by atoms with Crippen molar-refractivity contribution in [2.45, 2.75) is 32.9 Å². The van der Waals surface area contributed by atoms with Crippen LogP contribution < -0.4 is 15.8 Å². The van der Waals surface area contributed by atoms with E-state index in [1.165, 1.54) is 28.6 Å². The molecular formula is C19H20N4O5. The van der Waals surface area contributed by atoms with Crippen LogP contribution in [0.4, 0.5) is 11.4 Å². The topological polar surface area (TPSA) is 111 Å². The Morgan fingerprint density at radius 2 is 1.96 bits per heavy atom. The Hall–Kier alpha value is -3.49. The van der Waals surface area contributed by atoms with Crippen molar-refractivity contribution in [2.75, 3.05) is 16.8 Å². The number of rotatable bonds is 5. The van der Waals surface area contributed by atoms with Crippen LogP contribution in [0.25, 0.3) is 0 Å². The zero-order valence-corrected chi connectivity index (χ0v) is 15.5. The van der Waals surface area contributed by atoms with Gasteiger partial charge in [-0.3, -0.25) is 19.3 Å². The van der Waals surface area contributed by atoms with Crippen molar-refractivity contribution in [3.8, 4) is 0 Å². The van der Waals surface area contributed by atoms with Gasteiger partial charge >= 0.3 is 5.97 Å². The van der Waals surface area contributed by atoms with Crippen LogP contribution in [-0.4, -0.2) is 40.2 Å². The summed E-state index contributed by atoms with van der Waals surface area (Å²) < 4.78 is 6.41. The van der Waals surface area contributed by atoms with Crippen molar-refractivity contribution in [1.82, 2.24) is 9.78 Å². The number of anilines is 2. The number of carbonyl (C=O) groups excluding carboxylic acids is 3. The number of hydrogen-bond donors (Lipinski definition) is 1. The molecule has 1 atom stereocenters. The van der Waals surface area contributed by atoms with Crippen molar-refractivity contribution in [3.63, 3.8) is 0 Å². The Morgan fingerprint density at radius 1 is 1.21 bits per heavy atom. The molecule has 9 nitrogen and oxygen atoms in total. The van der Waals surface area contributed by atoms with Crippen LogP contribution in [0.3, 0.4) is 0 Å². The summed E-state index contributed by atoms with van der Waals surface area (Å²) in [5.41, 5.74) is 0.659. The molecule has 0 saturated carbocycles. The second-order valence-electron chi connectivity index (χ2n) is 6.32. The average Bonchev–Trinajstić information content (AvgIpc) is 2.68. The quantitative estimate of drug-likeness (QED) is 0.775. The summed E-state index contributed by atoms with van der Waals surface area (Å²) >= 11 is 0. The minimum absolute atomic E-state index is 0.0653. The molecular weight excluding hydrogens is 364 g/mol. The first-order valence-electron chi connectivity index (χ1n) is 8.90. The Kier molecular flexibility index (Phi) is 5.53. The summed E-state index contributed by atoms with van der Waals surface area (Å²) in [6.45, 7) is 3.51. The number of hydrogen-bond acceptors (Lipinski definition) is 6. The molecule has 2 heterocycles. The molecule has 0 spiro atoms. The third-order valence-corrected chi connectivity index (χ3v) is 4.18. The van der Waals surface area contributed by atoms with Gasteiger partial charge in [0.05, 0.1) is 11.4 Å². The van der Waals surface area contributed by atoms with Gasteiger partial charge in [0.1, 0.15) is 6.54 Å². The van der Waals surface area contributed by atoms with E-state index in [4.69, 9.17) is 4.74 Å². The first-order valence-corrected chi connectivity index (χ1v) is 8.90. The van der Waals surface area contributed by atoms with E-state index in [2.05, 4.69) is 10.4 Å². The molecule has 0 unspecified atom stereocenters. The van der Waals surface area contributed by atoms with E-state index < -0.39 is 18.0 Å². The smallest absolute Gasteiger partial charge is 0.359 e. The molecule has 146 valence electrons. The van der Waals surface area contributed by atoms with E-state index in [1.807, 2.05) is 6.92 Å². The fourth-order valence-corrected chi connectivity index (χ4v) is 2.85. The number of aromatic nitrogens is 2. The zero-order valence-electron chi connectivity index (χ0n) is 15.5. The average molecular weight is 384 g/mol. The number of esters is 1. The second-order valence-corrected chi connectivity index (χ2v) is 6.32. The Labute approximate surface area is 160 Å². The molecule has 0 aliphatic carbocycles. The predicted octanol–water partition coefficient (Wildman–Crippen LogP) is 1.18. The van der Waals surface area contributed by atoms with Gasteiger partial charge in [0.25, 0.3) is 11.5 Å². The summed E-state index contributed by atoms with van der Waals surface area (Å²) in [5.74, 6) is -1.68. The summed E-state index contributed by atoms with van der Waals surface area (Å²) in [5, 5.41) is 6.67. The van der Waals surface area contributed by atoms with Crippen LogP contribution in [0.15, 0.2) is 41.2 Å². The van der Waals surface area contributed by atoms with Crippen LogP contribution in [0.1, 0.15) is 30.8 Å². The van der Waals surface area contributed by atoms with E-state index in [1.54, 1.807) is 24.3 Å². The maximum Gasteiger partial charge on any atom is 0.359 e. The lowest BCUT2D eigenvalue weighted by Gasteiger charge is -2.30. The van der Waals surface area contributed by atoms with Gasteiger partial charge < -0.3 is 10.1 Å². The standard InChI is InChI=1S/C19H20N4O5/c1-3-10-23-17(25)9-8-14(21-23)19(27)28-12(2)18(26)22-11-16(24)20-13-6-4-5-7-15(13)22/h4-9,12H,3,10-11H2,1-2H3,(H,20,24)/t12-/m1/s1. The number of aryl methyl sites for hydroxylation is 1. The summed E-state index contributed by atoms with van der Waals surface area (Å²) in [6.07, 6.45) is -0.462. The third-order valence-electron chi connectivity index (χ3n) is 4.18. The van der Waals surface area contributed by atoms with Gasteiger partial charge in [-0.05, 0) is 31.5 Å². The molecule has 1 aromatic heterocycles. The minimum Gasteiger partial charge on any atom is -0.448 e. The largest absolute Gasteiger partial charge is 0.448 e. The molecule has 1 aromatic carbocycles. The number of amides is 2. The fraction of sp³-hybridized carbons (Fsp3) is 0.316. The van der Waals surface area contributed by atoms with Crippen LogP contribution in [0.5, 0.6) is 0 Å². The molecule has 1 N–H and O–H groups in total. The van der Waals surface area contributed by atoms with Crippen molar-refractivity contribution in [1.29, 1.82) is 0 Å². The highest BCUT2D eigenvalue weighted by Gasteiger charge is 2.31. The lowest BCUT2D eigenvalue weighted by Crippen LogP contribution is -2.47. The van der Waals surface area contributed by atoms with Crippen LogP contribution in [-0.2, 0) is 20.9 Å². The number of benzene rings is 1. The van der Waals surface area contributed by atoms with Crippen LogP contribution in [0, 0.1) is 0 Å². The predicted molar refractivity (Wildman–Crippen MR) is 101 cm³/mol. The van der Waals surface area contributed by atoms with Crippen molar-refractivity contribution >= 4 is 29.2 Å². The number of fused-ring (bicyclic) bond motifs is 1. The molecule has 1 aliphatic heterocycles. The molecule has 9 heteroatoms. The minimum atomic E-state index is -1.14. The van der Waals surface area contributed by atoms with Crippen LogP contribution >= 0.6 is 0 Å². The van der Waals surface area contributed by atoms with Crippen molar-refractivity contribution < 1.29 is 19.1 Å². The number of nitrogens with zero attached hydrogens (tertiary/aromatic N) is 3. The van der Waals surface area contributed by atoms with E-state index >= 15 is 0 Å². The molecule has 2 aromatic rings. The molecule has 0 bridgehead atoms. The molecule has 0 saturated heterocycles. The monoisotopic (exact) mass is 384 g/mol. The first kappa shape index (κ1) is 19.3. The highest BCUT2D eigenvalue weighted by atomic mass is 16.5. The Balaban J connectivity index is 1.76. The van der Waals surface area contributed by atoms with Gasteiger partial charge in [-0.25, -0.2) is 9.48 Å². The molecule has 28 heavy (non-hydrogen) atoms. The van der Waals surface area contributed by atoms with Crippen molar-refractivity contribution in [3.05, 3.63) is 52.4 Å². The molecule has 2 amide bonds. The molecule has 0 radical (unpaired) electrons. The highest BCUT2D eigenvalue weighted by Crippen LogP contribution is 2.29.